The topological polar surface area (TPSA) is 32.3 Å². The summed E-state index contributed by atoms with van der Waals surface area (Å²) in [6.45, 7) is 0.494. The number of anilines is 1. The van der Waals surface area contributed by atoms with Crippen LogP contribution in [0.4, 0.5) is 5.69 Å². The number of aromatic hydroxyl groups is 1. The van der Waals surface area contributed by atoms with Crippen molar-refractivity contribution >= 4 is 49.1 Å². The molecule has 18 heavy (non-hydrogen) atoms. The summed E-state index contributed by atoms with van der Waals surface area (Å²) >= 11 is 12.8. The summed E-state index contributed by atoms with van der Waals surface area (Å²) < 4.78 is 1.91. The van der Waals surface area contributed by atoms with E-state index in [9.17, 15) is 5.11 Å². The van der Waals surface area contributed by atoms with Crippen LogP contribution < -0.4 is 5.32 Å². The van der Waals surface area contributed by atoms with Gasteiger partial charge in [0.1, 0.15) is 5.75 Å². The number of nitrogens with one attached hydrogen (secondary N) is 1. The van der Waals surface area contributed by atoms with E-state index >= 15 is 0 Å². The maximum atomic E-state index is 9.73. The molecule has 94 valence electrons. The highest BCUT2D eigenvalue weighted by atomic mass is 79.9. The minimum Gasteiger partial charge on any atom is -0.508 e. The molecule has 2 nitrogen and oxygen atoms in total. The monoisotopic (exact) mass is 389 g/mol. The van der Waals surface area contributed by atoms with Gasteiger partial charge in [-0.3, -0.25) is 0 Å². The average Bonchev–Trinajstić information content (AvgIpc) is 2.33. The van der Waals surface area contributed by atoms with Crippen LogP contribution >= 0.6 is 43.5 Å². The van der Waals surface area contributed by atoms with Crippen LogP contribution in [0.5, 0.6) is 5.75 Å². The number of para-hydroxylation sites is 1. The Bertz CT molecular complexity index is 555. The Morgan fingerprint density at radius 1 is 1.11 bits per heavy atom. The summed E-state index contributed by atoms with van der Waals surface area (Å²) in [6, 6.07) is 10.8. The molecule has 0 heterocycles. The van der Waals surface area contributed by atoms with Gasteiger partial charge in [0.05, 0.1) is 5.69 Å². The Labute approximate surface area is 127 Å². The molecule has 2 N–H and O–H groups in total. The molecule has 0 bridgehead atoms. The van der Waals surface area contributed by atoms with Gasteiger partial charge >= 0.3 is 0 Å². The highest BCUT2D eigenvalue weighted by molar-refractivity contribution is 9.11. The van der Waals surface area contributed by atoms with E-state index in [0.29, 0.717) is 11.6 Å². The van der Waals surface area contributed by atoms with Crippen LogP contribution in [0.1, 0.15) is 5.56 Å². The lowest BCUT2D eigenvalue weighted by molar-refractivity contribution is 0.469. The molecule has 0 saturated heterocycles. The van der Waals surface area contributed by atoms with Crippen molar-refractivity contribution in [3.63, 3.8) is 0 Å². The lowest BCUT2D eigenvalue weighted by atomic mass is 10.2. The first kappa shape index (κ1) is 13.7. The normalized spacial score (nSPS) is 10.4. The van der Waals surface area contributed by atoms with E-state index in [1.807, 2.05) is 18.2 Å². The Kier molecular flexibility index (Phi) is 4.54. The van der Waals surface area contributed by atoms with Gasteiger partial charge in [0.15, 0.2) is 0 Å². The van der Waals surface area contributed by atoms with Gasteiger partial charge in [0, 0.05) is 26.1 Å². The zero-order valence-electron chi connectivity index (χ0n) is 9.25. The Balaban J connectivity index is 2.19. The molecule has 0 atom stereocenters. The molecule has 0 spiro atoms. The van der Waals surface area contributed by atoms with Crippen molar-refractivity contribution in [3.8, 4) is 5.75 Å². The number of rotatable bonds is 3. The van der Waals surface area contributed by atoms with E-state index < -0.39 is 0 Å². The van der Waals surface area contributed by atoms with Gasteiger partial charge in [-0.05, 0) is 62.2 Å². The van der Waals surface area contributed by atoms with Crippen molar-refractivity contribution in [1.82, 2.24) is 0 Å². The summed E-state index contributed by atoms with van der Waals surface area (Å²) in [5.74, 6) is 0.232. The largest absolute Gasteiger partial charge is 0.508 e. The summed E-state index contributed by atoms with van der Waals surface area (Å²) in [7, 11) is 0. The molecule has 2 aromatic rings. The predicted octanol–water partition coefficient (Wildman–Crippen LogP) is 5.18. The van der Waals surface area contributed by atoms with Gasteiger partial charge in [-0.2, -0.15) is 0 Å². The second-order valence-electron chi connectivity index (χ2n) is 3.72. The number of hydrogen-bond acceptors (Lipinski definition) is 2. The van der Waals surface area contributed by atoms with Crippen molar-refractivity contribution in [2.45, 2.75) is 6.54 Å². The highest BCUT2D eigenvalue weighted by Crippen LogP contribution is 2.31. The molecule has 0 unspecified atom stereocenters. The number of hydrogen-bond donors (Lipinski definition) is 2. The van der Waals surface area contributed by atoms with Gasteiger partial charge < -0.3 is 10.4 Å². The second-order valence-corrected chi connectivity index (χ2v) is 5.87. The van der Waals surface area contributed by atoms with E-state index in [1.165, 1.54) is 0 Å². The van der Waals surface area contributed by atoms with Crippen molar-refractivity contribution in [2.75, 3.05) is 5.32 Å². The molecule has 0 aliphatic carbocycles. The summed E-state index contributed by atoms with van der Waals surface area (Å²) in [4.78, 5) is 0. The summed E-state index contributed by atoms with van der Waals surface area (Å²) in [5.41, 5.74) is 1.70. The fourth-order valence-electron chi connectivity index (χ4n) is 1.55. The minimum absolute atomic E-state index is 0.232. The Morgan fingerprint density at radius 2 is 1.78 bits per heavy atom. The molecule has 0 radical (unpaired) electrons. The van der Waals surface area contributed by atoms with Gasteiger partial charge in [-0.15, -0.1) is 0 Å². The first-order valence-corrected chi connectivity index (χ1v) is 7.19. The van der Waals surface area contributed by atoms with Gasteiger partial charge in [-0.25, -0.2) is 0 Å². The fourth-order valence-corrected chi connectivity index (χ4v) is 3.02. The Hall–Kier alpha value is -0.710. The van der Waals surface area contributed by atoms with Crippen LogP contribution in [0.15, 0.2) is 45.3 Å². The number of phenols is 1. The maximum Gasteiger partial charge on any atom is 0.120 e. The first-order valence-electron chi connectivity index (χ1n) is 5.23. The SMILES string of the molecule is Oc1ccc(Cl)cc1CNc1c(Br)cccc1Br. The second kappa shape index (κ2) is 5.95. The lowest BCUT2D eigenvalue weighted by Gasteiger charge is -2.11. The predicted molar refractivity (Wildman–Crippen MR) is 82.3 cm³/mol. The van der Waals surface area contributed by atoms with Crippen molar-refractivity contribution in [1.29, 1.82) is 0 Å². The van der Waals surface area contributed by atoms with E-state index in [1.54, 1.807) is 18.2 Å². The van der Waals surface area contributed by atoms with Crippen molar-refractivity contribution < 1.29 is 5.11 Å². The van der Waals surface area contributed by atoms with Gasteiger partial charge in [-0.1, -0.05) is 17.7 Å². The van der Waals surface area contributed by atoms with Crippen LogP contribution in [-0.2, 0) is 6.54 Å². The lowest BCUT2D eigenvalue weighted by Crippen LogP contribution is -2.01. The molecule has 0 amide bonds. The Morgan fingerprint density at radius 3 is 2.44 bits per heavy atom. The van der Waals surface area contributed by atoms with Crippen LogP contribution in [-0.4, -0.2) is 5.11 Å². The molecule has 0 aliphatic rings. The van der Waals surface area contributed by atoms with E-state index in [2.05, 4.69) is 37.2 Å². The number of benzene rings is 2. The standard InChI is InChI=1S/C13H10Br2ClNO/c14-10-2-1-3-11(15)13(10)17-7-8-6-9(16)4-5-12(8)18/h1-6,17-18H,7H2. The minimum atomic E-state index is 0.232. The molecule has 5 heteroatoms. The number of phenolic OH excluding ortho intramolecular Hbond substituents is 1. The summed E-state index contributed by atoms with van der Waals surface area (Å²) in [5, 5.41) is 13.6. The molecular weight excluding hydrogens is 381 g/mol. The van der Waals surface area contributed by atoms with E-state index in [0.717, 1.165) is 20.2 Å². The third-order valence-electron chi connectivity index (χ3n) is 2.46. The van der Waals surface area contributed by atoms with Gasteiger partial charge in [0.2, 0.25) is 0 Å². The molecular formula is C13H10Br2ClNO. The van der Waals surface area contributed by atoms with Gasteiger partial charge in [0.25, 0.3) is 0 Å². The fraction of sp³-hybridized carbons (Fsp3) is 0.0769. The highest BCUT2D eigenvalue weighted by Gasteiger charge is 2.06. The summed E-state index contributed by atoms with van der Waals surface area (Å²) in [6.07, 6.45) is 0. The zero-order chi connectivity index (χ0) is 13.1. The molecule has 0 aromatic heterocycles. The van der Waals surface area contributed by atoms with Crippen molar-refractivity contribution in [3.05, 3.63) is 55.9 Å². The van der Waals surface area contributed by atoms with E-state index in [4.69, 9.17) is 11.6 Å². The molecule has 0 saturated carbocycles. The number of halogens is 3. The molecule has 2 aromatic carbocycles. The molecule has 0 fully saturated rings. The maximum absolute atomic E-state index is 9.73. The van der Waals surface area contributed by atoms with Crippen LogP contribution in [0, 0.1) is 0 Å². The quantitative estimate of drug-likeness (QED) is 0.755. The average molecular weight is 391 g/mol. The first-order chi connectivity index (χ1) is 8.58. The van der Waals surface area contributed by atoms with Crippen LogP contribution in [0.2, 0.25) is 5.02 Å². The molecule has 2 rings (SSSR count). The van der Waals surface area contributed by atoms with Crippen LogP contribution in [0.25, 0.3) is 0 Å². The van der Waals surface area contributed by atoms with Crippen molar-refractivity contribution in [2.24, 2.45) is 0 Å². The third kappa shape index (κ3) is 3.19. The molecule has 0 aliphatic heterocycles. The van der Waals surface area contributed by atoms with E-state index in [-0.39, 0.29) is 5.75 Å². The zero-order valence-corrected chi connectivity index (χ0v) is 13.2. The third-order valence-corrected chi connectivity index (χ3v) is 4.02. The van der Waals surface area contributed by atoms with Crippen LogP contribution in [0.3, 0.4) is 0 Å². The smallest absolute Gasteiger partial charge is 0.120 e.